The molecule has 0 fully saturated rings. The zero-order valence-electron chi connectivity index (χ0n) is 8.19. The number of carbonyl (C=O) groups is 2. The number of hydrogen-bond donors (Lipinski definition) is 1. The lowest BCUT2D eigenvalue weighted by Crippen LogP contribution is -2.02. The van der Waals surface area contributed by atoms with Crippen LogP contribution in [0.15, 0.2) is 24.8 Å². The molecule has 0 saturated heterocycles. The van der Waals surface area contributed by atoms with E-state index in [1.54, 1.807) is 0 Å². The van der Waals surface area contributed by atoms with Crippen LogP contribution in [0.3, 0.4) is 0 Å². The highest BCUT2D eigenvalue weighted by molar-refractivity contribution is 6.15. The molecule has 1 aromatic carbocycles. The van der Waals surface area contributed by atoms with E-state index in [-0.39, 0.29) is 16.9 Å². The first-order chi connectivity index (χ1) is 7.10. The highest BCUT2D eigenvalue weighted by Gasteiger charge is 2.11. The van der Waals surface area contributed by atoms with E-state index < -0.39 is 5.97 Å². The van der Waals surface area contributed by atoms with Gasteiger partial charge in [0, 0.05) is 0 Å². The van der Waals surface area contributed by atoms with Crippen LogP contribution in [-0.2, 0) is 9.53 Å². The zero-order valence-corrected chi connectivity index (χ0v) is 8.19. The molecule has 4 nitrogen and oxygen atoms in total. The van der Waals surface area contributed by atoms with Gasteiger partial charge in [-0.1, -0.05) is 12.6 Å². The first-order valence-electron chi connectivity index (χ1n) is 4.16. The third kappa shape index (κ3) is 2.22. The number of phenolic OH excluding ortho intramolecular Hbond substituents is 1. The quantitative estimate of drug-likeness (QED) is 0.461. The predicted octanol–water partition coefficient (Wildman–Crippen LogP) is 1.39. The molecule has 0 aliphatic heterocycles. The number of aromatic hydroxyl groups is 1. The van der Waals surface area contributed by atoms with Crippen LogP contribution in [0.1, 0.15) is 15.9 Å². The SMILES string of the molecule is C=C(C(=O)OC)c1ccc(C=O)c(O)c1. The number of ether oxygens (including phenoxy) is 1. The summed E-state index contributed by atoms with van der Waals surface area (Å²) in [6, 6.07) is 4.22. The Balaban J connectivity index is 3.07. The third-order valence-electron chi connectivity index (χ3n) is 1.94. The number of hydrogen-bond acceptors (Lipinski definition) is 4. The van der Waals surface area contributed by atoms with Crippen molar-refractivity contribution in [3.63, 3.8) is 0 Å². The largest absolute Gasteiger partial charge is 0.507 e. The van der Waals surface area contributed by atoms with Gasteiger partial charge < -0.3 is 9.84 Å². The number of benzene rings is 1. The summed E-state index contributed by atoms with van der Waals surface area (Å²) in [4.78, 5) is 21.5. The van der Waals surface area contributed by atoms with Gasteiger partial charge in [0.2, 0.25) is 0 Å². The maximum absolute atomic E-state index is 11.1. The Kier molecular flexibility index (Phi) is 3.23. The highest BCUT2D eigenvalue weighted by atomic mass is 16.5. The zero-order chi connectivity index (χ0) is 11.4. The molecule has 0 atom stereocenters. The number of esters is 1. The molecule has 0 heterocycles. The number of aldehydes is 1. The van der Waals surface area contributed by atoms with Crippen LogP contribution < -0.4 is 0 Å². The Morgan fingerprint density at radius 1 is 1.53 bits per heavy atom. The molecule has 0 radical (unpaired) electrons. The normalized spacial score (nSPS) is 9.40. The van der Waals surface area contributed by atoms with Crippen LogP contribution >= 0.6 is 0 Å². The summed E-state index contributed by atoms with van der Waals surface area (Å²) in [6.45, 7) is 3.52. The molecule has 0 aromatic heterocycles. The molecule has 15 heavy (non-hydrogen) atoms. The average Bonchev–Trinajstić information content (AvgIpc) is 2.26. The molecule has 1 rings (SSSR count). The summed E-state index contributed by atoms with van der Waals surface area (Å²) >= 11 is 0. The van der Waals surface area contributed by atoms with Crippen molar-refractivity contribution < 1.29 is 19.4 Å². The summed E-state index contributed by atoms with van der Waals surface area (Å²) in [7, 11) is 1.24. The second-order valence-corrected chi connectivity index (χ2v) is 2.86. The highest BCUT2D eigenvalue weighted by Crippen LogP contribution is 2.22. The van der Waals surface area contributed by atoms with Crippen LogP contribution in [0, 0.1) is 0 Å². The lowest BCUT2D eigenvalue weighted by atomic mass is 10.1. The monoisotopic (exact) mass is 206 g/mol. The molecule has 1 aromatic rings. The Bertz CT molecular complexity index is 421. The maximum Gasteiger partial charge on any atom is 0.337 e. The van der Waals surface area contributed by atoms with Gasteiger partial charge in [-0.05, 0) is 17.7 Å². The van der Waals surface area contributed by atoms with E-state index in [0.717, 1.165) is 0 Å². The van der Waals surface area contributed by atoms with Crippen LogP contribution in [0.5, 0.6) is 5.75 Å². The van der Waals surface area contributed by atoms with Crippen molar-refractivity contribution in [3.8, 4) is 5.75 Å². The minimum atomic E-state index is -0.576. The molecule has 0 unspecified atom stereocenters. The van der Waals surface area contributed by atoms with Gasteiger partial charge in [-0.15, -0.1) is 0 Å². The van der Waals surface area contributed by atoms with Crippen molar-refractivity contribution in [3.05, 3.63) is 35.9 Å². The van der Waals surface area contributed by atoms with E-state index in [1.807, 2.05) is 0 Å². The van der Waals surface area contributed by atoms with E-state index in [2.05, 4.69) is 11.3 Å². The molecule has 0 amide bonds. The molecule has 78 valence electrons. The number of phenols is 1. The Labute approximate surface area is 86.8 Å². The van der Waals surface area contributed by atoms with Gasteiger partial charge in [0.1, 0.15) is 5.75 Å². The molecular formula is C11H10O4. The summed E-state index contributed by atoms with van der Waals surface area (Å²) in [5.74, 6) is -0.763. The smallest absolute Gasteiger partial charge is 0.337 e. The summed E-state index contributed by atoms with van der Waals surface area (Å²) in [6.07, 6.45) is 0.528. The molecule has 4 heteroatoms. The topological polar surface area (TPSA) is 63.6 Å². The van der Waals surface area contributed by atoms with Gasteiger partial charge in [-0.25, -0.2) is 4.79 Å². The van der Waals surface area contributed by atoms with Gasteiger partial charge in [0.15, 0.2) is 6.29 Å². The van der Waals surface area contributed by atoms with Crippen LogP contribution in [-0.4, -0.2) is 24.5 Å². The van der Waals surface area contributed by atoms with E-state index in [0.29, 0.717) is 11.8 Å². The fourth-order valence-corrected chi connectivity index (χ4v) is 1.07. The second kappa shape index (κ2) is 4.41. The molecule has 1 N–H and O–H groups in total. The van der Waals surface area contributed by atoms with Crippen molar-refractivity contribution in [1.29, 1.82) is 0 Å². The minimum Gasteiger partial charge on any atom is -0.507 e. The molecule has 0 saturated carbocycles. The van der Waals surface area contributed by atoms with Crippen molar-refractivity contribution >= 4 is 17.8 Å². The summed E-state index contributed by atoms with van der Waals surface area (Å²) in [5.41, 5.74) is 0.714. The van der Waals surface area contributed by atoms with Gasteiger partial charge in [0.05, 0.1) is 18.2 Å². The lowest BCUT2D eigenvalue weighted by Gasteiger charge is -2.05. The first-order valence-corrected chi connectivity index (χ1v) is 4.16. The molecule has 0 aliphatic carbocycles. The fraction of sp³-hybridized carbons (Fsp3) is 0.0909. The average molecular weight is 206 g/mol. The van der Waals surface area contributed by atoms with E-state index in [9.17, 15) is 14.7 Å². The maximum atomic E-state index is 11.1. The number of rotatable bonds is 3. The first kappa shape index (κ1) is 11.0. The standard InChI is InChI=1S/C11H10O4/c1-7(11(14)15-2)8-3-4-9(6-12)10(13)5-8/h3-6,13H,1H2,2H3. The Morgan fingerprint density at radius 3 is 2.67 bits per heavy atom. The van der Waals surface area contributed by atoms with Crippen molar-refractivity contribution in [2.24, 2.45) is 0 Å². The molecule has 0 bridgehead atoms. The van der Waals surface area contributed by atoms with Crippen LogP contribution in [0.4, 0.5) is 0 Å². The fourth-order valence-electron chi connectivity index (χ4n) is 1.07. The van der Waals surface area contributed by atoms with E-state index >= 15 is 0 Å². The van der Waals surface area contributed by atoms with Crippen LogP contribution in [0.2, 0.25) is 0 Å². The summed E-state index contributed by atoms with van der Waals surface area (Å²) in [5, 5.41) is 9.37. The van der Waals surface area contributed by atoms with Gasteiger partial charge >= 0.3 is 5.97 Å². The number of carbonyl (C=O) groups excluding carboxylic acids is 2. The van der Waals surface area contributed by atoms with Crippen molar-refractivity contribution in [1.82, 2.24) is 0 Å². The lowest BCUT2D eigenvalue weighted by molar-refractivity contribution is -0.133. The van der Waals surface area contributed by atoms with Gasteiger partial charge in [-0.3, -0.25) is 4.79 Å². The molecule has 0 aliphatic rings. The van der Waals surface area contributed by atoms with E-state index in [4.69, 9.17) is 0 Å². The Hall–Kier alpha value is -2.10. The second-order valence-electron chi connectivity index (χ2n) is 2.86. The Morgan fingerprint density at radius 2 is 2.20 bits per heavy atom. The van der Waals surface area contributed by atoms with E-state index in [1.165, 1.54) is 25.3 Å². The van der Waals surface area contributed by atoms with Gasteiger partial charge in [-0.2, -0.15) is 0 Å². The van der Waals surface area contributed by atoms with Crippen molar-refractivity contribution in [2.75, 3.05) is 7.11 Å². The predicted molar refractivity (Wildman–Crippen MR) is 54.5 cm³/mol. The van der Waals surface area contributed by atoms with Gasteiger partial charge in [0.25, 0.3) is 0 Å². The van der Waals surface area contributed by atoms with Crippen LogP contribution in [0.25, 0.3) is 5.57 Å². The third-order valence-corrected chi connectivity index (χ3v) is 1.94. The minimum absolute atomic E-state index is 0.130. The number of methoxy groups -OCH3 is 1. The summed E-state index contributed by atoms with van der Waals surface area (Å²) < 4.78 is 4.47. The molecule has 0 spiro atoms. The molecular weight excluding hydrogens is 196 g/mol. The van der Waals surface area contributed by atoms with Crippen molar-refractivity contribution in [2.45, 2.75) is 0 Å².